The summed E-state index contributed by atoms with van der Waals surface area (Å²) < 4.78 is 42.6. The number of halogens is 4. The van der Waals surface area contributed by atoms with Crippen LogP contribution < -0.4 is 0 Å². The van der Waals surface area contributed by atoms with Gasteiger partial charge in [-0.1, -0.05) is 51.5 Å². The van der Waals surface area contributed by atoms with E-state index in [2.05, 4.69) is 31.2 Å². The third kappa shape index (κ3) is 2.34. The molecule has 0 fully saturated rings. The molecule has 24 heavy (non-hydrogen) atoms. The normalized spacial score (nSPS) is 12.2. The van der Waals surface area contributed by atoms with Gasteiger partial charge in [0.15, 0.2) is 5.69 Å². The molecule has 0 saturated carbocycles. The van der Waals surface area contributed by atoms with E-state index < -0.39 is 11.9 Å². The van der Waals surface area contributed by atoms with Gasteiger partial charge < -0.3 is 0 Å². The Labute approximate surface area is 142 Å². The lowest BCUT2D eigenvalue weighted by atomic mass is 10.1. The van der Waals surface area contributed by atoms with Gasteiger partial charge in [-0.3, -0.25) is 0 Å². The fourth-order valence-corrected chi connectivity index (χ4v) is 2.93. The molecular formula is C16H8BrF3N4. The minimum absolute atomic E-state index is 0.150. The molecule has 2 aromatic carbocycles. The zero-order chi connectivity index (χ0) is 16.9. The van der Waals surface area contributed by atoms with E-state index in [0.717, 1.165) is 4.47 Å². The van der Waals surface area contributed by atoms with Crippen molar-refractivity contribution in [3.8, 4) is 11.3 Å². The molecule has 4 rings (SSSR count). The molecule has 0 aliphatic rings. The van der Waals surface area contributed by atoms with Gasteiger partial charge in [-0.25, -0.2) is 9.50 Å². The predicted molar refractivity (Wildman–Crippen MR) is 86.4 cm³/mol. The summed E-state index contributed by atoms with van der Waals surface area (Å²) in [6.07, 6.45) is -4.62. The average Bonchev–Trinajstić information content (AvgIpc) is 2.99. The molecule has 0 unspecified atom stereocenters. The Kier molecular flexibility index (Phi) is 3.31. The monoisotopic (exact) mass is 392 g/mol. The summed E-state index contributed by atoms with van der Waals surface area (Å²) in [6.45, 7) is 0. The third-order valence-electron chi connectivity index (χ3n) is 3.61. The van der Waals surface area contributed by atoms with Gasteiger partial charge in [0.05, 0.1) is 11.0 Å². The summed E-state index contributed by atoms with van der Waals surface area (Å²) in [7, 11) is 0. The van der Waals surface area contributed by atoms with Crippen LogP contribution in [0.25, 0.3) is 27.8 Å². The van der Waals surface area contributed by atoms with Gasteiger partial charge in [-0.15, -0.1) is 5.10 Å². The smallest absolute Gasteiger partial charge is 0.239 e. The van der Waals surface area contributed by atoms with Crippen molar-refractivity contribution in [2.24, 2.45) is 0 Å². The first-order valence-corrected chi connectivity index (χ1v) is 7.72. The van der Waals surface area contributed by atoms with Crippen LogP contribution in [0.4, 0.5) is 13.2 Å². The summed E-state index contributed by atoms with van der Waals surface area (Å²) in [4.78, 5) is 3.83. The van der Waals surface area contributed by atoms with E-state index in [1.54, 1.807) is 42.5 Å². The molecule has 4 nitrogen and oxygen atoms in total. The van der Waals surface area contributed by atoms with Crippen molar-refractivity contribution in [1.82, 2.24) is 19.8 Å². The van der Waals surface area contributed by atoms with Gasteiger partial charge in [0.25, 0.3) is 0 Å². The number of alkyl halides is 3. The van der Waals surface area contributed by atoms with E-state index in [-0.39, 0.29) is 16.7 Å². The number of rotatable bonds is 1. The molecule has 0 saturated heterocycles. The fourth-order valence-electron chi connectivity index (χ4n) is 2.59. The second kappa shape index (κ2) is 5.27. The maximum absolute atomic E-state index is 13.6. The summed E-state index contributed by atoms with van der Waals surface area (Å²) in [5.41, 5.74) is 0.191. The van der Waals surface area contributed by atoms with Crippen LogP contribution in [0, 0.1) is 0 Å². The van der Waals surface area contributed by atoms with E-state index in [1.165, 1.54) is 10.6 Å². The molecule has 0 bridgehead atoms. The van der Waals surface area contributed by atoms with Crippen LogP contribution in [0.15, 0.2) is 53.0 Å². The van der Waals surface area contributed by atoms with Gasteiger partial charge >= 0.3 is 6.18 Å². The van der Waals surface area contributed by atoms with Crippen LogP contribution >= 0.6 is 15.9 Å². The van der Waals surface area contributed by atoms with Crippen LogP contribution in [0.3, 0.4) is 0 Å². The number of aromatic nitrogens is 4. The Hall–Kier alpha value is -2.48. The number of fused-ring (bicyclic) bond motifs is 3. The molecule has 0 aliphatic heterocycles. The Morgan fingerprint density at radius 2 is 1.75 bits per heavy atom. The van der Waals surface area contributed by atoms with E-state index in [4.69, 9.17) is 0 Å². The lowest BCUT2D eigenvalue weighted by Crippen LogP contribution is -2.11. The van der Waals surface area contributed by atoms with Gasteiger partial charge in [0, 0.05) is 10.0 Å². The summed E-state index contributed by atoms with van der Waals surface area (Å²) in [6, 6.07) is 13.4. The van der Waals surface area contributed by atoms with Crippen LogP contribution in [0.5, 0.6) is 0 Å². The zero-order valence-electron chi connectivity index (χ0n) is 11.9. The summed E-state index contributed by atoms with van der Waals surface area (Å²) >= 11 is 3.32. The van der Waals surface area contributed by atoms with E-state index in [9.17, 15) is 13.2 Å². The van der Waals surface area contributed by atoms with Gasteiger partial charge in [0.1, 0.15) is 11.2 Å². The van der Waals surface area contributed by atoms with Gasteiger partial charge in [-0.05, 0) is 18.2 Å². The Bertz CT molecular complexity index is 1060. The highest BCUT2D eigenvalue weighted by molar-refractivity contribution is 9.10. The lowest BCUT2D eigenvalue weighted by molar-refractivity contribution is -0.139. The minimum Gasteiger partial charge on any atom is -0.239 e. The lowest BCUT2D eigenvalue weighted by Gasteiger charge is -2.11. The first kappa shape index (κ1) is 15.1. The molecule has 0 spiro atoms. The van der Waals surface area contributed by atoms with Crippen molar-refractivity contribution in [2.75, 3.05) is 0 Å². The molecule has 0 atom stereocenters. The molecular weight excluding hydrogens is 385 g/mol. The van der Waals surface area contributed by atoms with Crippen molar-refractivity contribution >= 4 is 32.5 Å². The molecule has 2 heterocycles. The van der Waals surface area contributed by atoms with Crippen LogP contribution in [0.1, 0.15) is 5.69 Å². The van der Waals surface area contributed by atoms with Crippen molar-refractivity contribution < 1.29 is 13.2 Å². The molecule has 0 amide bonds. The first-order valence-electron chi connectivity index (χ1n) is 6.92. The maximum atomic E-state index is 13.6. The molecule has 8 heteroatoms. The van der Waals surface area contributed by atoms with Crippen LogP contribution in [-0.4, -0.2) is 19.8 Å². The molecule has 0 radical (unpaired) electrons. The van der Waals surface area contributed by atoms with Crippen molar-refractivity contribution in [1.29, 1.82) is 0 Å². The van der Waals surface area contributed by atoms with Crippen LogP contribution in [-0.2, 0) is 6.18 Å². The predicted octanol–water partition coefficient (Wildman–Crippen LogP) is 4.73. The fraction of sp³-hybridized carbons (Fsp3) is 0.0625. The third-order valence-corrected chi connectivity index (χ3v) is 4.10. The van der Waals surface area contributed by atoms with Crippen molar-refractivity contribution in [2.45, 2.75) is 6.18 Å². The SMILES string of the molecule is FC(F)(F)c1nc2ccc(Br)cc2n2nnc(-c3ccccc3)c12. The molecule has 4 aromatic rings. The largest absolute Gasteiger partial charge is 0.435 e. The second-order valence-electron chi connectivity index (χ2n) is 5.16. The number of benzene rings is 2. The van der Waals surface area contributed by atoms with Crippen molar-refractivity contribution in [3.05, 3.63) is 58.7 Å². The quantitative estimate of drug-likeness (QED) is 0.470. The maximum Gasteiger partial charge on any atom is 0.435 e. The topological polar surface area (TPSA) is 43.1 Å². The minimum atomic E-state index is -4.62. The van der Waals surface area contributed by atoms with Crippen molar-refractivity contribution in [3.63, 3.8) is 0 Å². The van der Waals surface area contributed by atoms with Gasteiger partial charge in [-0.2, -0.15) is 13.2 Å². The number of nitrogens with zero attached hydrogens (tertiary/aromatic N) is 4. The summed E-state index contributed by atoms with van der Waals surface area (Å²) in [5.74, 6) is 0. The second-order valence-corrected chi connectivity index (χ2v) is 6.07. The number of hydrogen-bond donors (Lipinski definition) is 0. The standard InChI is InChI=1S/C16H8BrF3N4/c17-10-6-7-11-12(8-10)24-14(15(21-11)16(18,19)20)13(22-23-24)9-4-2-1-3-5-9/h1-8H. The van der Waals surface area contributed by atoms with E-state index in [1.807, 2.05) is 0 Å². The van der Waals surface area contributed by atoms with E-state index >= 15 is 0 Å². The molecule has 0 N–H and O–H groups in total. The highest BCUT2D eigenvalue weighted by Crippen LogP contribution is 2.36. The van der Waals surface area contributed by atoms with Crippen LogP contribution in [0.2, 0.25) is 0 Å². The first-order chi connectivity index (χ1) is 11.4. The Morgan fingerprint density at radius 3 is 2.46 bits per heavy atom. The highest BCUT2D eigenvalue weighted by atomic mass is 79.9. The molecule has 120 valence electrons. The molecule has 0 aliphatic carbocycles. The Balaban J connectivity index is 2.18. The Morgan fingerprint density at radius 1 is 1.00 bits per heavy atom. The van der Waals surface area contributed by atoms with E-state index in [0.29, 0.717) is 11.1 Å². The average molecular weight is 393 g/mol. The highest BCUT2D eigenvalue weighted by Gasteiger charge is 2.37. The van der Waals surface area contributed by atoms with Gasteiger partial charge in [0.2, 0.25) is 0 Å². The zero-order valence-corrected chi connectivity index (χ0v) is 13.5. The number of hydrogen-bond acceptors (Lipinski definition) is 3. The molecule has 2 aromatic heterocycles. The summed E-state index contributed by atoms with van der Waals surface area (Å²) in [5, 5.41) is 7.92.